The standard InChI is InChI=1S/C25H20ClN3O2/c26-21-14-12-20(13-15-21)25(30)29-16-4-7-22(29)24-28-27-23(31-24)19-10-8-18(9-11-19)17-5-2-1-3-6-17/h1-3,5-6,8-15,22H,4,7,16H2. The van der Waals surface area contributed by atoms with Crippen molar-refractivity contribution in [2.75, 3.05) is 6.54 Å². The molecule has 2 heterocycles. The number of aromatic nitrogens is 2. The lowest BCUT2D eigenvalue weighted by Crippen LogP contribution is -2.30. The van der Waals surface area contributed by atoms with Crippen LogP contribution in [-0.2, 0) is 0 Å². The number of benzene rings is 3. The van der Waals surface area contributed by atoms with Crippen molar-refractivity contribution in [3.8, 4) is 22.6 Å². The molecule has 3 aromatic carbocycles. The van der Waals surface area contributed by atoms with Crippen LogP contribution in [0.25, 0.3) is 22.6 Å². The minimum Gasteiger partial charge on any atom is -0.418 e. The van der Waals surface area contributed by atoms with Crippen LogP contribution in [0.3, 0.4) is 0 Å². The van der Waals surface area contributed by atoms with Crippen molar-refractivity contribution in [1.29, 1.82) is 0 Å². The number of likely N-dealkylation sites (tertiary alicyclic amines) is 1. The summed E-state index contributed by atoms with van der Waals surface area (Å²) in [6, 6.07) is 25.0. The molecule has 31 heavy (non-hydrogen) atoms. The second kappa shape index (κ2) is 8.36. The van der Waals surface area contributed by atoms with Gasteiger partial charge in [0.25, 0.3) is 5.91 Å². The summed E-state index contributed by atoms with van der Waals surface area (Å²) < 4.78 is 6.00. The zero-order chi connectivity index (χ0) is 21.2. The number of rotatable bonds is 4. The van der Waals surface area contributed by atoms with Crippen molar-refractivity contribution < 1.29 is 9.21 Å². The molecule has 1 aliphatic rings. The molecule has 1 saturated heterocycles. The first kappa shape index (κ1) is 19.5. The summed E-state index contributed by atoms with van der Waals surface area (Å²) in [5, 5.41) is 9.11. The van der Waals surface area contributed by atoms with E-state index in [9.17, 15) is 4.79 Å². The molecule has 0 aliphatic carbocycles. The van der Waals surface area contributed by atoms with E-state index < -0.39 is 0 Å². The second-order valence-electron chi connectivity index (χ2n) is 7.55. The van der Waals surface area contributed by atoms with Crippen LogP contribution in [0.2, 0.25) is 5.02 Å². The van der Waals surface area contributed by atoms with Gasteiger partial charge in [-0.05, 0) is 60.4 Å². The Morgan fingerprint density at radius 1 is 0.871 bits per heavy atom. The summed E-state index contributed by atoms with van der Waals surface area (Å²) in [6.07, 6.45) is 1.70. The quantitative estimate of drug-likeness (QED) is 0.397. The molecule has 1 amide bonds. The Kier molecular flexibility index (Phi) is 5.26. The fraction of sp³-hybridized carbons (Fsp3) is 0.160. The largest absolute Gasteiger partial charge is 0.418 e. The van der Waals surface area contributed by atoms with E-state index in [-0.39, 0.29) is 11.9 Å². The smallest absolute Gasteiger partial charge is 0.254 e. The van der Waals surface area contributed by atoms with Gasteiger partial charge in [0.1, 0.15) is 6.04 Å². The van der Waals surface area contributed by atoms with Crippen LogP contribution in [-0.4, -0.2) is 27.5 Å². The van der Waals surface area contributed by atoms with E-state index in [0.29, 0.717) is 28.9 Å². The van der Waals surface area contributed by atoms with Gasteiger partial charge in [0.05, 0.1) is 0 Å². The van der Waals surface area contributed by atoms with E-state index >= 15 is 0 Å². The summed E-state index contributed by atoms with van der Waals surface area (Å²) in [6.45, 7) is 0.662. The Hall–Kier alpha value is -3.44. The Labute approximate surface area is 185 Å². The van der Waals surface area contributed by atoms with Gasteiger partial charge in [-0.15, -0.1) is 10.2 Å². The molecule has 154 valence electrons. The van der Waals surface area contributed by atoms with Gasteiger partial charge in [-0.3, -0.25) is 4.79 Å². The second-order valence-corrected chi connectivity index (χ2v) is 7.99. The van der Waals surface area contributed by atoms with Gasteiger partial charge in [-0.2, -0.15) is 0 Å². The van der Waals surface area contributed by atoms with Crippen LogP contribution >= 0.6 is 11.6 Å². The van der Waals surface area contributed by atoms with Gasteiger partial charge < -0.3 is 9.32 Å². The highest BCUT2D eigenvalue weighted by atomic mass is 35.5. The van der Waals surface area contributed by atoms with Crippen molar-refractivity contribution in [2.45, 2.75) is 18.9 Å². The number of hydrogen-bond donors (Lipinski definition) is 0. The van der Waals surface area contributed by atoms with Crippen LogP contribution in [0.5, 0.6) is 0 Å². The molecule has 0 N–H and O–H groups in total. The summed E-state index contributed by atoms with van der Waals surface area (Å²) in [7, 11) is 0. The number of carbonyl (C=O) groups is 1. The van der Waals surface area contributed by atoms with E-state index in [1.165, 1.54) is 0 Å². The lowest BCUT2D eigenvalue weighted by Gasteiger charge is -2.22. The fourth-order valence-corrected chi connectivity index (χ4v) is 4.07. The van der Waals surface area contributed by atoms with Crippen molar-refractivity contribution >= 4 is 17.5 Å². The molecule has 0 bridgehead atoms. The molecule has 5 rings (SSSR count). The molecule has 1 aromatic heterocycles. The molecule has 1 unspecified atom stereocenters. The molecule has 4 aromatic rings. The molecule has 1 fully saturated rings. The normalized spacial score (nSPS) is 15.9. The number of amides is 1. The lowest BCUT2D eigenvalue weighted by molar-refractivity contribution is 0.0716. The van der Waals surface area contributed by atoms with E-state index in [1.807, 2.05) is 42.5 Å². The third kappa shape index (κ3) is 3.97. The molecule has 1 aliphatic heterocycles. The Morgan fingerprint density at radius 2 is 1.55 bits per heavy atom. The van der Waals surface area contributed by atoms with Gasteiger partial charge in [0.15, 0.2) is 0 Å². The molecule has 0 saturated carbocycles. The average Bonchev–Trinajstić information content (AvgIpc) is 3.50. The zero-order valence-electron chi connectivity index (χ0n) is 16.7. The SMILES string of the molecule is O=C(c1ccc(Cl)cc1)N1CCCC1c1nnc(-c2ccc(-c3ccccc3)cc2)o1. The molecular formula is C25H20ClN3O2. The molecule has 0 spiro atoms. The highest BCUT2D eigenvalue weighted by molar-refractivity contribution is 6.30. The Bertz CT molecular complexity index is 1190. The van der Waals surface area contributed by atoms with E-state index in [1.54, 1.807) is 29.2 Å². The van der Waals surface area contributed by atoms with E-state index in [0.717, 1.165) is 29.5 Å². The van der Waals surface area contributed by atoms with Gasteiger partial charge in [-0.1, -0.05) is 54.1 Å². The number of nitrogens with zero attached hydrogens (tertiary/aromatic N) is 3. The van der Waals surface area contributed by atoms with Crippen molar-refractivity contribution in [3.63, 3.8) is 0 Å². The van der Waals surface area contributed by atoms with Crippen LogP contribution in [0.15, 0.2) is 83.3 Å². The van der Waals surface area contributed by atoms with Gasteiger partial charge in [0.2, 0.25) is 11.8 Å². The first-order chi connectivity index (χ1) is 15.2. The van der Waals surface area contributed by atoms with Gasteiger partial charge >= 0.3 is 0 Å². The third-order valence-corrected chi connectivity index (χ3v) is 5.82. The highest BCUT2D eigenvalue weighted by Gasteiger charge is 2.34. The van der Waals surface area contributed by atoms with Crippen LogP contribution < -0.4 is 0 Å². The van der Waals surface area contributed by atoms with Gasteiger partial charge in [-0.25, -0.2) is 0 Å². The minimum absolute atomic E-state index is 0.0499. The lowest BCUT2D eigenvalue weighted by atomic mass is 10.0. The number of halogens is 1. The fourth-order valence-electron chi connectivity index (χ4n) is 3.95. The topological polar surface area (TPSA) is 59.2 Å². The molecule has 1 atom stereocenters. The first-order valence-corrected chi connectivity index (χ1v) is 10.6. The summed E-state index contributed by atoms with van der Waals surface area (Å²) in [4.78, 5) is 14.8. The number of hydrogen-bond acceptors (Lipinski definition) is 4. The van der Waals surface area contributed by atoms with Crippen molar-refractivity contribution in [1.82, 2.24) is 15.1 Å². The highest BCUT2D eigenvalue weighted by Crippen LogP contribution is 2.34. The molecule has 5 nitrogen and oxygen atoms in total. The predicted octanol–water partition coefficient (Wildman–Crippen LogP) is 6.03. The number of carbonyl (C=O) groups excluding carboxylic acids is 1. The van der Waals surface area contributed by atoms with Crippen molar-refractivity contribution in [3.05, 3.63) is 95.3 Å². The summed E-state index contributed by atoms with van der Waals surface area (Å²) in [5.41, 5.74) is 3.74. The average molecular weight is 430 g/mol. The maximum atomic E-state index is 13.0. The summed E-state index contributed by atoms with van der Waals surface area (Å²) >= 11 is 5.95. The minimum atomic E-state index is -0.215. The zero-order valence-corrected chi connectivity index (χ0v) is 17.5. The Balaban J connectivity index is 1.36. The van der Waals surface area contributed by atoms with E-state index in [4.69, 9.17) is 16.0 Å². The third-order valence-electron chi connectivity index (χ3n) is 5.57. The van der Waals surface area contributed by atoms with Crippen LogP contribution in [0, 0.1) is 0 Å². The molecular weight excluding hydrogens is 410 g/mol. The maximum absolute atomic E-state index is 13.0. The molecule has 6 heteroatoms. The van der Waals surface area contributed by atoms with Crippen molar-refractivity contribution in [2.24, 2.45) is 0 Å². The predicted molar refractivity (Wildman–Crippen MR) is 120 cm³/mol. The van der Waals surface area contributed by atoms with Crippen LogP contribution in [0.1, 0.15) is 35.1 Å². The first-order valence-electron chi connectivity index (χ1n) is 10.2. The van der Waals surface area contributed by atoms with Crippen LogP contribution in [0.4, 0.5) is 0 Å². The maximum Gasteiger partial charge on any atom is 0.254 e. The molecule has 0 radical (unpaired) electrons. The monoisotopic (exact) mass is 429 g/mol. The Morgan fingerprint density at radius 3 is 2.29 bits per heavy atom. The van der Waals surface area contributed by atoms with E-state index in [2.05, 4.69) is 22.3 Å². The van der Waals surface area contributed by atoms with Gasteiger partial charge in [0, 0.05) is 22.7 Å². The summed E-state index contributed by atoms with van der Waals surface area (Å²) in [5.74, 6) is 0.883.